The number of rotatable bonds is 3. The Morgan fingerprint density at radius 1 is 1.05 bits per heavy atom. The summed E-state index contributed by atoms with van der Waals surface area (Å²) in [5.41, 5.74) is 2.94. The maximum absolute atomic E-state index is 12.5. The summed E-state index contributed by atoms with van der Waals surface area (Å²) in [7, 11) is 0. The second-order valence-electron chi connectivity index (χ2n) is 5.42. The van der Waals surface area contributed by atoms with Gasteiger partial charge in [-0.2, -0.15) is 0 Å². The Balaban J connectivity index is 1.79. The highest BCUT2D eigenvalue weighted by Crippen LogP contribution is 2.22. The van der Waals surface area contributed by atoms with Crippen molar-refractivity contribution in [1.29, 1.82) is 0 Å². The first-order valence-electron chi connectivity index (χ1n) is 7.37. The molecular weight excluding hydrogens is 262 g/mol. The maximum Gasteiger partial charge on any atom is 0.254 e. The number of hydrogen-bond acceptors (Lipinski definition) is 2. The van der Waals surface area contributed by atoms with E-state index in [9.17, 15) is 9.90 Å². The number of carbonyl (C=O) groups excluding carboxylic acids is 1. The zero-order valence-electron chi connectivity index (χ0n) is 11.9. The van der Waals surface area contributed by atoms with E-state index < -0.39 is 0 Å². The maximum atomic E-state index is 12.5. The van der Waals surface area contributed by atoms with Crippen molar-refractivity contribution < 1.29 is 9.90 Å². The van der Waals surface area contributed by atoms with Crippen LogP contribution in [0.15, 0.2) is 54.6 Å². The largest absolute Gasteiger partial charge is 0.394 e. The number of carbonyl (C=O) groups is 1. The summed E-state index contributed by atoms with van der Waals surface area (Å²) >= 11 is 0. The molecule has 108 valence electrons. The fourth-order valence-corrected chi connectivity index (χ4v) is 2.89. The summed E-state index contributed by atoms with van der Waals surface area (Å²) in [5, 5.41) is 9.33. The Labute approximate surface area is 124 Å². The van der Waals surface area contributed by atoms with Crippen LogP contribution in [-0.2, 0) is 0 Å². The SMILES string of the molecule is O=C(c1ccc(-c2ccccc2)cc1)N1CCCC1CO. The van der Waals surface area contributed by atoms with Gasteiger partial charge in [-0.25, -0.2) is 0 Å². The highest BCUT2D eigenvalue weighted by molar-refractivity contribution is 5.95. The van der Waals surface area contributed by atoms with E-state index in [1.807, 2.05) is 42.5 Å². The predicted molar refractivity (Wildman–Crippen MR) is 83.0 cm³/mol. The van der Waals surface area contributed by atoms with E-state index >= 15 is 0 Å². The molecule has 0 saturated carbocycles. The van der Waals surface area contributed by atoms with Crippen molar-refractivity contribution >= 4 is 5.91 Å². The van der Waals surface area contributed by atoms with Crippen LogP contribution in [0.3, 0.4) is 0 Å². The van der Waals surface area contributed by atoms with E-state index in [1.165, 1.54) is 0 Å². The Hall–Kier alpha value is -2.13. The van der Waals surface area contributed by atoms with E-state index in [4.69, 9.17) is 0 Å². The van der Waals surface area contributed by atoms with Gasteiger partial charge in [0.15, 0.2) is 0 Å². The lowest BCUT2D eigenvalue weighted by atomic mass is 10.0. The van der Waals surface area contributed by atoms with Crippen LogP contribution in [0.1, 0.15) is 23.2 Å². The van der Waals surface area contributed by atoms with E-state index in [-0.39, 0.29) is 18.6 Å². The zero-order valence-corrected chi connectivity index (χ0v) is 11.9. The molecule has 2 aromatic rings. The summed E-state index contributed by atoms with van der Waals surface area (Å²) in [4.78, 5) is 14.3. The second kappa shape index (κ2) is 6.10. The van der Waals surface area contributed by atoms with Crippen molar-refractivity contribution in [2.75, 3.05) is 13.2 Å². The van der Waals surface area contributed by atoms with Gasteiger partial charge in [0, 0.05) is 12.1 Å². The van der Waals surface area contributed by atoms with Crippen LogP contribution in [0.4, 0.5) is 0 Å². The van der Waals surface area contributed by atoms with E-state index in [2.05, 4.69) is 12.1 Å². The molecule has 0 spiro atoms. The van der Waals surface area contributed by atoms with Gasteiger partial charge in [0.05, 0.1) is 12.6 Å². The van der Waals surface area contributed by atoms with Crippen molar-refractivity contribution in [2.45, 2.75) is 18.9 Å². The summed E-state index contributed by atoms with van der Waals surface area (Å²) in [6.45, 7) is 0.790. The molecule has 1 N–H and O–H groups in total. The molecular formula is C18H19NO2. The third-order valence-corrected chi connectivity index (χ3v) is 4.09. The topological polar surface area (TPSA) is 40.5 Å². The molecule has 1 atom stereocenters. The number of aliphatic hydroxyl groups is 1. The summed E-state index contributed by atoms with van der Waals surface area (Å²) < 4.78 is 0. The first-order valence-corrected chi connectivity index (χ1v) is 7.37. The molecule has 1 aliphatic rings. The van der Waals surface area contributed by atoms with E-state index in [0.717, 1.165) is 30.5 Å². The molecule has 3 rings (SSSR count). The van der Waals surface area contributed by atoms with Crippen molar-refractivity contribution in [2.24, 2.45) is 0 Å². The fourth-order valence-electron chi connectivity index (χ4n) is 2.89. The van der Waals surface area contributed by atoms with Crippen molar-refractivity contribution in [3.05, 3.63) is 60.2 Å². The van der Waals surface area contributed by atoms with Crippen molar-refractivity contribution in [3.63, 3.8) is 0 Å². The molecule has 0 aliphatic carbocycles. The number of hydrogen-bond donors (Lipinski definition) is 1. The lowest BCUT2D eigenvalue weighted by molar-refractivity contribution is 0.0677. The minimum Gasteiger partial charge on any atom is -0.394 e. The van der Waals surface area contributed by atoms with Crippen LogP contribution in [0, 0.1) is 0 Å². The van der Waals surface area contributed by atoms with Gasteiger partial charge < -0.3 is 10.0 Å². The zero-order chi connectivity index (χ0) is 14.7. The molecule has 3 heteroatoms. The second-order valence-corrected chi connectivity index (χ2v) is 5.42. The summed E-state index contributed by atoms with van der Waals surface area (Å²) in [6, 6.07) is 17.8. The average Bonchev–Trinajstić information content (AvgIpc) is 3.04. The third-order valence-electron chi connectivity index (χ3n) is 4.09. The van der Waals surface area contributed by atoms with E-state index in [1.54, 1.807) is 4.90 Å². The van der Waals surface area contributed by atoms with Gasteiger partial charge in [-0.1, -0.05) is 42.5 Å². The number of aliphatic hydroxyl groups excluding tert-OH is 1. The molecule has 0 aromatic heterocycles. The number of amides is 1. The van der Waals surface area contributed by atoms with Crippen molar-refractivity contribution in [1.82, 2.24) is 4.90 Å². The van der Waals surface area contributed by atoms with Crippen LogP contribution in [0.2, 0.25) is 0 Å². The normalized spacial score (nSPS) is 18.0. The quantitative estimate of drug-likeness (QED) is 0.939. The highest BCUT2D eigenvalue weighted by Gasteiger charge is 2.28. The summed E-state index contributed by atoms with van der Waals surface area (Å²) in [5.74, 6) is 0.0196. The molecule has 1 saturated heterocycles. The lowest BCUT2D eigenvalue weighted by Crippen LogP contribution is -2.37. The van der Waals surface area contributed by atoms with Gasteiger partial charge in [-0.05, 0) is 36.1 Å². The molecule has 1 heterocycles. The van der Waals surface area contributed by atoms with Crippen LogP contribution in [0.25, 0.3) is 11.1 Å². The van der Waals surface area contributed by atoms with Crippen LogP contribution < -0.4 is 0 Å². The van der Waals surface area contributed by atoms with Crippen molar-refractivity contribution in [3.8, 4) is 11.1 Å². The standard InChI is InChI=1S/C18H19NO2/c20-13-17-7-4-12-19(17)18(21)16-10-8-15(9-11-16)14-5-2-1-3-6-14/h1-3,5-6,8-11,17,20H,4,7,12-13H2. The average molecular weight is 281 g/mol. The monoisotopic (exact) mass is 281 g/mol. The van der Waals surface area contributed by atoms with Crippen LogP contribution in [-0.4, -0.2) is 35.1 Å². The molecule has 21 heavy (non-hydrogen) atoms. The van der Waals surface area contributed by atoms with Gasteiger partial charge in [0.1, 0.15) is 0 Å². The smallest absolute Gasteiger partial charge is 0.254 e. The van der Waals surface area contributed by atoms with Gasteiger partial charge in [-0.3, -0.25) is 4.79 Å². The van der Waals surface area contributed by atoms with Crippen LogP contribution >= 0.6 is 0 Å². The molecule has 1 fully saturated rings. The Kier molecular flexibility index (Phi) is 4.02. The highest BCUT2D eigenvalue weighted by atomic mass is 16.3. The minimum absolute atomic E-state index is 0.0196. The first kappa shape index (κ1) is 13.8. The minimum atomic E-state index is -0.0219. The fraction of sp³-hybridized carbons (Fsp3) is 0.278. The number of nitrogens with zero attached hydrogens (tertiary/aromatic N) is 1. The molecule has 0 bridgehead atoms. The molecule has 0 radical (unpaired) electrons. The Morgan fingerprint density at radius 3 is 2.38 bits per heavy atom. The third kappa shape index (κ3) is 2.83. The first-order chi connectivity index (χ1) is 10.3. The Morgan fingerprint density at radius 2 is 1.71 bits per heavy atom. The molecule has 1 amide bonds. The van der Waals surface area contributed by atoms with Gasteiger partial charge in [0.25, 0.3) is 5.91 Å². The van der Waals surface area contributed by atoms with Gasteiger partial charge >= 0.3 is 0 Å². The predicted octanol–water partition coefficient (Wildman–Crippen LogP) is 2.95. The lowest BCUT2D eigenvalue weighted by Gasteiger charge is -2.23. The molecule has 1 aliphatic heterocycles. The van der Waals surface area contributed by atoms with Gasteiger partial charge in [-0.15, -0.1) is 0 Å². The Bertz CT molecular complexity index is 607. The van der Waals surface area contributed by atoms with E-state index in [0.29, 0.717) is 5.56 Å². The molecule has 1 unspecified atom stereocenters. The molecule has 3 nitrogen and oxygen atoms in total. The number of benzene rings is 2. The molecule has 2 aromatic carbocycles. The van der Waals surface area contributed by atoms with Crippen LogP contribution in [0.5, 0.6) is 0 Å². The van der Waals surface area contributed by atoms with Gasteiger partial charge in [0.2, 0.25) is 0 Å². The number of likely N-dealkylation sites (tertiary alicyclic amines) is 1. The summed E-state index contributed by atoms with van der Waals surface area (Å²) in [6.07, 6.45) is 1.86.